The maximum Gasteiger partial charge on any atom is 0.106 e. The topological polar surface area (TPSA) is 41.6 Å². The first-order valence-corrected chi connectivity index (χ1v) is 7.41. The Balaban J connectivity index is 1.74. The summed E-state index contributed by atoms with van der Waals surface area (Å²) in [5, 5.41) is 2.00. The molecule has 3 nitrogen and oxygen atoms in total. The van der Waals surface area contributed by atoms with Crippen LogP contribution in [-0.2, 0) is 18.2 Å². The largest absolute Gasteiger partial charge is 0.345 e. The third-order valence-electron chi connectivity index (χ3n) is 3.10. The number of nitrogens with zero attached hydrogens (tertiary/aromatic N) is 2. The van der Waals surface area contributed by atoms with Gasteiger partial charge < -0.3 is 4.98 Å². The van der Waals surface area contributed by atoms with Crippen molar-refractivity contribution in [2.45, 2.75) is 18.2 Å². The van der Waals surface area contributed by atoms with Crippen LogP contribution in [0.5, 0.6) is 0 Å². The van der Waals surface area contributed by atoms with Crippen LogP contribution in [0, 0.1) is 0 Å². The number of aromatic nitrogens is 3. The lowest BCUT2D eigenvalue weighted by atomic mass is 10.1. The number of halogens is 1. The molecule has 19 heavy (non-hydrogen) atoms. The Bertz CT molecular complexity index is 690. The first kappa shape index (κ1) is 12.4. The van der Waals surface area contributed by atoms with Crippen LogP contribution in [0.3, 0.4) is 0 Å². The first-order valence-electron chi connectivity index (χ1n) is 6.28. The molecule has 0 radical (unpaired) electrons. The van der Waals surface area contributed by atoms with Gasteiger partial charge in [-0.3, -0.25) is 4.98 Å². The monoisotopic (exact) mass is 315 g/mol. The summed E-state index contributed by atoms with van der Waals surface area (Å²) in [7, 11) is 0. The van der Waals surface area contributed by atoms with E-state index in [9.17, 15) is 0 Å². The molecule has 0 aliphatic heterocycles. The quantitative estimate of drug-likeness (QED) is 0.747. The van der Waals surface area contributed by atoms with Gasteiger partial charge in [-0.15, -0.1) is 0 Å². The van der Waals surface area contributed by atoms with Crippen LogP contribution in [0.15, 0.2) is 42.6 Å². The minimum absolute atomic E-state index is 0.814. The lowest BCUT2D eigenvalue weighted by Crippen LogP contribution is -1.96. The van der Waals surface area contributed by atoms with Crippen LogP contribution >= 0.6 is 15.9 Å². The second-order valence-corrected chi connectivity index (χ2v) is 5.04. The number of alkyl halides is 1. The summed E-state index contributed by atoms with van der Waals surface area (Å²) in [6, 6.07) is 12.4. The molecule has 1 N–H and O–H groups in total. The molecule has 1 aromatic carbocycles. The summed E-state index contributed by atoms with van der Waals surface area (Å²) in [4.78, 5) is 12.3. The minimum Gasteiger partial charge on any atom is -0.345 e. The third kappa shape index (κ3) is 2.84. The van der Waals surface area contributed by atoms with E-state index in [-0.39, 0.29) is 0 Å². The van der Waals surface area contributed by atoms with Crippen molar-refractivity contribution in [2.24, 2.45) is 0 Å². The smallest absolute Gasteiger partial charge is 0.106 e. The fraction of sp³-hybridized carbons (Fsp3) is 0.200. The molecule has 0 spiro atoms. The van der Waals surface area contributed by atoms with Crippen molar-refractivity contribution >= 4 is 26.8 Å². The number of aromatic amines is 1. The van der Waals surface area contributed by atoms with E-state index in [4.69, 9.17) is 0 Å². The van der Waals surface area contributed by atoms with Crippen LogP contribution < -0.4 is 0 Å². The van der Waals surface area contributed by atoms with Gasteiger partial charge in [0.05, 0.1) is 5.52 Å². The molecule has 0 amide bonds. The van der Waals surface area contributed by atoms with E-state index in [1.165, 1.54) is 5.39 Å². The van der Waals surface area contributed by atoms with Crippen molar-refractivity contribution in [3.05, 3.63) is 59.8 Å². The number of hydrogen-bond acceptors (Lipinski definition) is 2. The predicted octanol–water partition coefficient (Wildman–Crippen LogP) is 3.64. The summed E-state index contributed by atoms with van der Waals surface area (Å²) < 4.78 is 0. The number of imidazole rings is 1. The zero-order valence-electron chi connectivity index (χ0n) is 10.4. The van der Waals surface area contributed by atoms with Gasteiger partial charge in [-0.25, -0.2) is 4.98 Å². The summed E-state index contributed by atoms with van der Waals surface area (Å²) in [6.45, 7) is 0. The van der Waals surface area contributed by atoms with Gasteiger partial charge in [-0.05, 0) is 18.6 Å². The van der Waals surface area contributed by atoms with E-state index in [0.29, 0.717) is 0 Å². The van der Waals surface area contributed by atoms with Gasteiger partial charge in [0, 0.05) is 34.7 Å². The van der Waals surface area contributed by atoms with E-state index in [2.05, 4.69) is 55.1 Å². The predicted molar refractivity (Wildman–Crippen MR) is 80.4 cm³/mol. The number of H-pyrrole nitrogens is 1. The van der Waals surface area contributed by atoms with E-state index < -0.39 is 0 Å². The Labute approximate surface area is 120 Å². The standard InChI is InChI=1S/C15H14BrN3/c16-9-13-10-17-15(19-13)8-7-12-6-5-11-3-1-2-4-14(11)18-12/h1-6,10H,7-9H2,(H,17,19). The van der Waals surface area contributed by atoms with Gasteiger partial charge in [0.15, 0.2) is 0 Å². The fourth-order valence-corrected chi connectivity index (χ4v) is 2.38. The van der Waals surface area contributed by atoms with Crippen LogP contribution in [-0.4, -0.2) is 15.0 Å². The number of benzene rings is 1. The molecule has 2 heterocycles. The zero-order chi connectivity index (χ0) is 13.1. The Morgan fingerprint density at radius 1 is 1.05 bits per heavy atom. The second kappa shape index (κ2) is 5.53. The molecule has 4 heteroatoms. The molecule has 0 bridgehead atoms. The van der Waals surface area contributed by atoms with Crippen molar-refractivity contribution < 1.29 is 0 Å². The summed E-state index contributed by atoms with van der Waals surface area (Å²) in [5.41, 5.74) is 3.28. The number of aryl methyl sites for hydroxylation is 2. The third-order valence-corrected chi connectivity index (χ3v) is 3.70. The Morgan fingerprint density at radius 3 is 2.79 bits per heavy atom. The molecule has 3 aromatic rings. The van der Waals surface area contributed by atoms with Gasteiger partial charge in [-0.1, -0.05) is 40.2 Å². The number of para-hydroxylation sites is 1. The van der Waals surface area contributed by atoms with Crippen LogP contribution in [0.25, 0.3) is 10.9 Å². The Kier molecular flexibility index (Phi) is 3.60. The number of rotatable bonds is 4. The second-order valence-electron chi connectivity index (χ2n) is 4.48. The Hall–Kier alpha value is -1.68. The van der Waals surface area contributed by atoms with Gasteiger partial charge >= 0.3 is 0 Å². The fourth-order valence-electron chi connectivity index (χ4n) is 2.09. The molecule has 3 rings (SSSR count). The molecule has 2 aromatic heterocycles. The van der Waals surface area contributed by atoms with Crippen LogP contribution in [0.2, 0.25) is 0 Å². The van der Waals surface area contributed by atoms with Gasteiger partial charge in [-0.2, -0.15) is 0 Å². The van der Waals surface area contributed by atoms with Gasteiger partial charge in [0.2, 0.25) is 0 Å². The van der Waals surface area contributed by atoms with Crippen molar-refractivity contribution in [3.8, 4) is 0 Å². The Morgan fingerprint density at radius 2 is 1.95 bits per heavy atom. The molecule has 0 aliphatic rings. The normalized spacial score (nSPS) is 11.0. The summed E-state index contributed by atoms with van der Waals surface area (Å²) in [5.74, 6) is 1.02. The lowest BCUT2D eigenvalue weighted by molar-refractivity contribution is 0.858. The van der Waals surface area contributed by atoms with Crippen LogP contribution in [0.1, 0.15) is 17.2 Å². The molecule has 0 unspecified atom stereocenters. The highest BCUT2D eigenvalue weighted by atomic mass is 79.9. The summed E-state index contributed by atoms with van der Waals surface area (Å²) in [6.07, 6.45) is 3.66. The maximum absolute atomic E-state index is 4.67. The van der Waals surface area contributed by atoms with E-state index in [0.717, 1.165) is 40.9 Å². The van der Waals surface area contributed by atoms with Crippen molar-refractivity contribution in [2.75, 3.05) is 0 Å². The maximum atomic E-state index is 4.67. The van der Waals surface area contributed by atoms with Crippen LogP contribution in [0.4, 0.5) is 0 Å². The van der Waals surface area contributed by atoms with Gasteiger partial charge in [0.25, 0.3) is 0 Å². The molecule has 0 saturated carbocycles. The van der Waals surface area contributed by atoms with E-state index in [1.54, 1.807) is 0 Å². The van der Waals surface area contributed by atoms with E-state index >= 15 is 0 Å². The summed E-state index contributed by atoms with van der Waals surface area (Å²) >= 11 is 3.41. The molecular formula is C15H14BrN3. The van der Waals surface area contributed by atoms with Crippen molar-refractivity contribution in [3.63, 3.8) is 0 Å². The average Bonchev–Trinajstić information content (AvgIpc) is 2.93. The molecule has 0 saturated heterocycles. The van der Waals surface area contributed by atoms with Crippen molar-refractivity contribution in [1.29, 1.82) is 0 Å². The highest BCUT2D eigenvalue weighted by Gasteiger charge is 2.02. The van der Waals surface area contributed by atoms with Crippen molar-refractivity contribution in [1.82, 2.24) is 15.0 Å². The highest BCUT2D eigenvalue weighted by molar-refractivity contribution is 9.08. The number of fused-ring (bicyclic) bond motifs is 1. The molecule has 96 valence electrons. The number of hydrogen-bond donors (Lipinski definition) is 1. The van der Waals surface area contributed by atoms with Gasteiger partial charge in [0.1, 0.15) is 5.82 Å². The SMILES string of the molecule is BrCc1cnc(CCc2ccc3ccccc3n2)[nH]1. The minimum atomic E-state index is 0.814. The molecular weight excluding hydrogens is 302 g/mol. The molecule has 0 fully saturated rings. The molecule has 0 atom stereocenters. The van der Waals surface area contributed by atoms with E-state index in [1.807, 2.05) is 18.3 Å². The highest BCUT2D eigenvalue weighted by Crippen LogP contribution is 2.13. The number of pyridine rings is 1. The average molecular weight is 316 g/mol. The molecule has 0 aliphatic carbocycles. The number of nitrogens with one attached hydrogen (secondary N) is 1. The lowest BCUT2D eigenvalue weighted by Gasteiger charge is -2.02. The zero-order valence-corrected chi connectivity index (χ0v) is 12.0. The first-order chi connectivity index (χ1) is 9.35.